The van der Waals surface area contributed by atoms with Gasteiger partial charge in [0.1, 0.15) is 12.6 Å². The monoisotopic (exact) mass is 401 g/mol. The van der Waals surface area contributed by atoms with Crippen LogP contribution in [0.5, 0.6) is 0 Å². The molecule has 1 aliphatic heterocycles. The maximum Gasteiger partial charge on any atom is 0.207 e. The van der Waals surface area contributed by atoms with Crippen molar-refractivity contribution in [3.63, 3.8) is 0 Å². The lowest BCUT2D eigenvalue weighted by Crippen LogP contribution is -2.15. The summed E-state index contributed by atoms with van der Waals surface area (Å²) in [6.45, 7) is 6.60. The minimum absolute atomic E-state index is 0.00211. The maximum atomic E-state index is 9.08. The fraction of sp³-hybridized carbons (Fsp3) is 0.588. The molecule has 0 saturated carbocycles. The fourth-order valence-corrected chi connectivity index (χ4v) is 2.44. The van der Waals surface area contributed by atoms with Gasteiger partial charge < -0.3 is 25.8 Å². The van der Waals surface area contributed by atoms with Gasteiger partial charge in [0.15, 0.2) is 22.8 Å². The van der Waals surface area contributed by atoms with Crippen LogP contribution in [0.4, 0.5) is 5.82 Å². The summed E-state index contributed by atoms with van der Waals surface area (Å²) in [6.07, 6.45) is 10.5. The van der Waals surface area contributed by atoms with Gasteiger partial charge in [-0.05, 0) is 38.3 Å². The molecule has 2 aromatic rings. The van der Waals surface area contributed by atoms with Crippen molar-refractivity contribution in [3.05, 3.63) is 11.6 Å². The van der Waals surface area contributed by atoms with E-state index in [0.29, 0.717) is 11.2 Å². The minimum Gasteiger partial charge on any atom is -0.394 e. The third-order valence-corrected chi connectivity index (χ3v) is 3.31. The normalized spacial score (nSPS) is 18.4. The Morgan fingerprint density at radius 1 is 1.30 bits per heavy atom. The first kappa shape index (κ1) is 25.0. The van der Waals surface area contributed by atoms with Crippen LogP contribution in [0.25, 0.3) is 11.2 Å². The molecule has 0 radical (unpaired) electrons. The van der Waals surface area contributed by atoms with Crippen molar-refractivity contribution < 1.29 is 20.1 Å². The van der Waals surface area contributed by atoms with Crippen molar-refractivity contribution in [2.45, 2.75) is 58.7 Å². The van der Waals surface area contributed by atoms with Gasteiger partial charge in [-0.25, -0.2) is 15.0 Å². The van der Waals surface area contributed by atoms with Crippen LogP contribution < -0.4 is 5.73 Å². The maximum absolute atomic E-state index is 9.08. The molecular formula is C17H28ClN5O4. The van der Waals surface area contributed by atoms with Crippen LogP contribution in [0, 0.1) is 12.8 Å². The number of aliphatic hydroxyl groups excluding tert-OH is 1. The molecule has 9 nitrogen and oxygen atoms in total. The number of rotatable bonds is 2. The molecule has 0 spiro atoms. The molecule has 1 fully saturated rings. The zero-order chi connectivity index (χ0) is 21.2. The highest BCUT2D eigenvalue weighted by Gasteiger charge is 2.29. The Kier molecular flexibility index (Phi) is 10.8. The van der Waals surface area contributed by atoms with E-state index in [2.05, 4.69) is 27.8 Å². The first-order valence-corrected chi connectivity index (χ1v) is 8.76. The number of imidazole rings is 1. The second-order valence-electron chi connectivity index (χ2n) is 5.65. The van der Waals surface area contributed by atoms with Crippen molar-refractivity contribution in [2.75, 3.05) is 12.3 Å². The number of fused-ring (bicyclic) bond motifs is 1. The van der Waals surface area contributed by atoms with E-state index in [9.17, 15) is 0 Å². The molecule has 3 rings (SSSR count). The van der Waals surface area contributed by atoms with Gasteiger partial charge in [-0.1, -0.05) is 13.8 Å². The Labute approximate surface area is 164 Å². The average molecular weight is 402 g/mol. The summed E-state index contributed by atoms with van der Waals surface area (Å²) in [6, 6.07) is 0. The van der Waals surface area contributed by atoms with Crippen LogP contribution in [0.2, 0.25) is 5.28 Å². The summed E-state index contributed by atoms with van der Waals surface area (Å²) in [5, 5.41) is 25.5. The Morgan fingerprint density at radius 2 is 1.85 bits per heavy atom. The highest BCUT2D eigenvalue weighted by Crippen LogP contribution is 2.33. The smallest absolute Gasteiger partial charge is 0.207 e. The molecule has 2 atom stereocenters. The molecular weight excluding hydrogens is 374 g/mol. The molecule has 1 saturated heterocycles. The van der Waals surface area contributed by atoms with Crippen molar-refractivity contribution in [2.24, 2.45) is 0 Å². The SMILES string of the molecule is C#C.CC.CC(C)(O)O.Nc1ncnc2c1nc(Cl)n2[C@H]1CC[C@@H](CO)O1. The molecule has 0 amide bonds. The lowest BCUT2D eigenvalue weighted by molar-refractivity contribution is -0.127. The number of ether oxygens (including phenoxy) is 1. The number of anilines is 1. The van der Waals surface area contributed by atoms with Crippen LogP contribution in [-0.4, -0.2) is 53.3 Å². The molecule has 0 aromatic carbocycles. The van der Waals surface area contributed by atoms with E-state index in [-0.39, 0.29) is 30.0 Å². The fourth-order valence-electron chi connectivity index (χ4n) is 2.17. The quantitative estimate of drug-likeness (QED) is 0.338. The Bertz CT molecular complexity index is 708. The highest BCUT2D eigenvalue weighted by atomic mass is 35.5. The van der Waals surface area contributed by atoms with E-state index in [1.807, 2.05) is 13.8 Å². The van der Waals surface area contributed by atoms with Crippen LogP contribution in [0.1, 0.15) is 46.8 Å². The number of terminal acetylenes is 1. The van der Waals surface area contributed by atoms with Gasteiger partial charge in [0.25, 0.3) is 0 Å². The van der Waals surface area contributed by atoms with E-state index in [0.717, 1.165) is 12.8 Å². The highest BCUT2D eigenvalue weighted by molar-refractivity contribution is 6.29. The number of nitrogens with two attached hydrogens (primary N) is 1. The molecule has 0 bridgehead atoms. The molecule has 1 aliphatic rings. The van der Waals surface area contributed by atoms with E-state index in [1.54, 1.807) is 4.57 Å². The number of nitrogen functional groups attached to an aromatic ring is 1. The van der Waals surface area contributed by atoms with E-state index in [4.69, 9.17) is 37.4 Å². The van der Waals surface area contributed by atoms with E-state index < -0.39 is 5.79 Å². The molecule has 3 heterocycles. The molecule has 0 aliphatic carbocycles. The van der Waals surface area contributed by atoms with Crippen molar-refractivity contribution in [3.8, 4) is 12.8 Å². The summed E-state index contributed by atoms with van der Waals surface area (Å²) in [7, 11) is 0. The second-order valence-corrected chi connectivity index (χ2v) is 5.99. The summed E-state index contributed by atoms with van der Waals surface area (Å²) in [5.41, 5.74) is 6.75. The van der Waals surface area contributed by atoms with E-state index >= 15 is 0 Å². The molecule has 152 valence electrons. The van der Waals surface area contributed by atoms with Crippen molar-refractivity contribution in [1.29, 1.82) is 0 Å². The predicted molar refractivity (Wildman–Crippen MR) is 105 cm³/mol. The third kappa shape index (κ3) is 7.66. The van der Waals surface area contributed by atoms with Crippen molar-refractivity contribution >= 4 is 28.6 Å². The van der Waals surface area contributed by atoms with Crippen LogP contribution in [-0.2, 0) is 4.74 Å². The van der Waals surface area contributed by atoms with Gasteiger partial charge in [-0.3, -0.25) is 4.57 Å². The third-order valence-electron chi connectivity index (χ3n) is 3.04. The molecule has 5 N–H and O–H groups in total. The zero-order valence-corrected chi connectivity index (χ0v) is 16.8. The number of hydrogen-bond donors (Lipinski definition) is 4. The predicted octanol–water partition coefficient (Wildman–Crippen LogP) is 1.71. The Morgan fingerprint density at radius 3 is 2.33 bits per heavy atom. The van der Waals surface area contributed by atoms with Gasteiger partial charge in [0.2, 0.25) is 5.28 Å². The molecule has 27 heavy (non-hydrogen) atoms. The molecule has 0 unspecified atom stereocenters. The minimum atomic E-state index is -1.50. The van der Waals surface area contributed by atoms with Gasteiger partial charge in [-0.15, -0.1) is 12.8 Å². The van der Waals surface area contributed by atoms with E-state index in [1.165, 1.54) is 20.2 Å². The van der Waals surface area contributed by atoms with Gasteiger partial charge in [0, 0.05) is 0 Å². The van der Waals surface area contributed by atoms with Gasteiger partial charge in [0.05, 0.1) is 12.7 Å². The second kappa shape index (κ2) is 11.7. The average Bonchev–Trinajstić information content (AvgIpc) is 3.21. The summed E-state index contributed by atoms with van der Waals surface area (Å²) in [4.78, 5) is 12.2. The topological polar surface area (TPSA) is 140 Å². The summed E-state index contributed by atoms with van der Waals surface area (Å²) >= 11 is 6.10. The summed E-state index contributed by atoms with van der Waals surface area (Å²) in [5.74, 6) is -1.21. The van der Waals surface area contributed by atoms with Crippen molar-refractivity contribution in [1.82, 2.24) is 19.5 Å². The number of aromatic nitrogens is 4. The van der Waals surface area contributed by atoms with Crippen LogP contribution in [0.3, 0.4) is 0 Å². The number of halogens is 1. The molecule has 10 heteroatoms. The van der Waals surface area contributed by atoms with Gasteiger partial charge >= 0.3 is 0 Å². The lowest BCUT2D eigenvalue weighted by atomic mass is 10.2. The zero-order valence-electron chi connectivity index (χ0n) is 16.0. The standard InChI is InChI=1S/C10H12ClN5O2.C3H8O2.C2H6.C2H2/c11-10-15-7-8(12)13-4-14-9(7)16(10)6-2-1-5(3-17)18-6;1-3(2,4)5;2*1-2/h4-6,17H,1-3H2,(H2,12,13,14);4-5H,1-2H3;1-2H3;1-2H/t5-,6+;;;/m0.../s1. The largest absolute Gasteiger partial charge is 0.394 e. The summed E-state index contributed by atoms with van der Waals surface area (Å²) < 4.78 is 7.36. The number of nitrogens with zero attached hydrogens (tertiary/aromatic N) is 4. The van der Waals surface area contributed by atoms with Crippen LogP contribution >= 0.6 is 11.6 Å². The Hall–Kier alpha value is -1.96. The number of hydrogen-bond acceptors (Lipinski definition) is 8. The number of aliphatic hydroxyl groups is 3. The van der Waals surface area contributed by atoms with Crippen LogP contribution in [0.15, 0.2) is 6.33 Å². The Balaban J connectivity index is 0.000000646. The first-order chi connectivity index (χ1) is 12.7. The first-order valence-electron chi connectivity index (χ1n) is 8.39. The lowest BCUT2D eigenvalue weighted by Gasteiger charge is -2.14. The molecule has 2 aromatic heterocycles. The van der Waals surface area contributed by atoms with Gasteiger partial charge in [-0.2, -0.15) is 0 Å².